The predicted octanol–water partition coefficient (Wildman–Crippen LogP) is 1.87. The van der Waals surface area contributed by atoms with Crippen LogP contribution < -0.4 is 5.32 Å². The summed E-state index contributed by atoms with van der Waals surface area (Å²) in [4.78, 5) is 47.8. The van der Waals surface area contributed by atoms with Gasteiger partial charge in [0.05, 0.1) is 25.3 Å². The average Bonchev–Trinajstić information content (AvgIpc) is 3.26. The molecule has 0 spiro atoms. The standard InChI is InChI=1S/C28H28N6O3/c1-31(28(37)30-17-22-12-6-3-7-13-22)33-20-26(35)34-24(16-21-10-4-2-5-11-21)27(36)32(19-25(33)34)18-23-14-8-9-15-29-23/h2,4-6,8-15,24-25H,16-20H2,1H3,(H,30,37)/t24-,25+/m0/s1. The Morgan fingerprint density at radius 2 is 1.95 bits per heavy atom. The number of piperazine rings is 1. The monoisotopic (exact) mass is 496 g/mol. The molecular formula is C28H28N6O3. The third-order valence-electron chi connectivity index (χ3n) is 6.76. The smallest absolute Gasteiger partial charge is 0.332 e. The lowest BCUT2D eigenvalue weighted by molar-refractivity contribution is -0.157. The summed E-state index contributed by atoms with van der Waals surface area (Å²) in [7, 11) is 1.64. The second kappa shape index (κ2) is 10.7. The maximum atomic E-state index is 13.7. The molecule has 0 radical (unpaired) electrons. The van der Waals surface area contributed by atoms with Gasteiger partial charge in [0.2, 0.25) is 11.8 Å². The number of hydrogen-bond acceptors (Lipinski definition) is 5. The number of aromatic nitrogens is 1. The van der Waals surface area contributed by atoms with E-state index in [-0.39, 0.29) is 30.9 Å². The summed E-state index contributed by atoms with van der Waals surface area (Å²) in [6.07, 6.45) is 6.98. The van der Waals surface area contributed by atoms with Gasteiger partial charge in [-0.3, -0.25) is 19.6 Å². The lowest BCUT2D eigenvalue weighted by atomic mass is 10.0. The molecule has 1 aromatic heterocycles. The fourth-order valence-corrected chi connectivity index (χ4v) is 4.87. The number of allylic oxidation sites excluding steroid dienone is 2. The molecule has 37 heavy (non-hydrogen) atoms. The molecule has 0 bridgehead atoms. The van der Waals surface area contributed by atoms with Gasteiger partial charge in [-0.2, -0.15) is 5.01 Å². The summed E-state index contributed by atoms with van der Waals surface area (Å²) >= 11 is 0. The Morgan fingerprint density at radius 1 is 1.14 bits per heavy atom. The van der Waals surface area contributed by atoms with Crippen LogP contribution in [0, 0.1) is 0 Å². The number of hydrazine groups is 1. The van der Waals surface area contributed by atoms with Gasteiger partial charge in [0.1, 0.15) is 12.2 Å². The Balaban J connectivity index is 1.37. The van der Waals surface area contributed by atoms with Crippen LogP contribution in [0.3, 0.4) is 0 Å². The number of hydrogen-bond donors (Lipinski definition) is 1. The number of urea groups is 1. The number of fused-ring (bicyclic) bond motifs is 1. The first-order valence-electron chi connectivity index (χ1n) is 12.2. The predicted molar refractivity (Wildman–Crippen MR) is 136 cm³/mol. The van der Waals surface area contributed by atoms with Crippen LogP contribution in [0.25, 0.3) is 0 Å². The molecule has 0 unspecified atom stereocenters. The molecule has 1 aliphatic carbocycles. The number of carbonyl (C=O) groups is 3. The number of nitrogens with zero attached hydrogens (tertiary/aromatic N) is 5. The van der Waals surface area contributed by atoms with Crippen LogP contribution in [0.1, 0.15) is 11.3 Å². The Labute approximate surface area is 215 Å². The van der Waals surface area contributed by atoms with Crippen LogP contribution in [0.4, 0.5) is 4.79 Å². The molecule has 1 N–H and O–H groups in total. The van der Waals surface area contributed by atoms with Gasteiger partial charge >= 0.3 is 6.03 Å². The summed E-state index contributed by atoms with van der Waals surface area (Å²) in [6.45, 7) is 0.937. The molecule has 2 fully saturated rings. The number of amides is 4. The van der Waals surface area contributed by atoms with E-state index in [2.05, 4.69) is 21.8 Å². The highest BCUT2D eigenvalue weighted by Gasteiger charge is 2.51. The maximum Gasteiger partial charge on any atom is 0.332 e. The second-order valence-electron chi connectivity index (χ2n) is 9.15. The first kappa shape index (κ1) is 24.3. The average molecular weight is 497 g/mol. The number of benzene rings is 1. The molecule has 2 atom stereocenters. The van der Waals surface area contributed by atoms with Crippen molar-refractivity contribution in [3.63, 3.8) is 0 Å². The highest BCUT2D eigenvalue weighted by Crippen LogP contribution is 2.29. The van der Waals surface area contributed by atoms with E-state index in [1.54, 1.807) is 40.2 Å². The van der Waals surface area contributed by atoms with Crippen LogP contribution in [0.5, 0.6) is 0 Å². The van der Waals surface area contributed by atoms with E-state index < -0.39 is 12.2 Å². The first-order valence-corrected chi connectivity index (χ1v) is 12.2. The first-order chi connectivity index (χ1) is 18.0. The molecule has 1 aromatic carbocycles. The highest BCUT2D eigenvalue weighted by molar-refractivity contribution is 5.91. The molecule has 2 aromatic rings. The minimum absolute atomic E-state index is 0.0126. The number of pyridine rings is 1. The molecule has 3 heterocycles. The largest absolute Gasteiger partial charge is 0.333 e. The molecule has 5 rings (SSSR count). The minimum atomic E-state index is -0.671. The van der Waals surface area contributed by atoms with E-state index in [1.807, 2.05) is 54.6 Å². The van der Waals surface area contributed by atoms with Crippen molar-refractivity contribution in [2.45, 2.75) is 25.2 Å². The molecule has 2 aliphatic heterocycles. The zero-order chi connectivity index (χ0) is 25.8. The van der Waals surface area contributed by atoms with Gasteiger partial charge < -0.3 is 15.1 Å². The van der Waals surface area contributed by atoms with Crippen molar-refractivity contribution >= 4 is 17.8 Å². The quantitative estimate of drug-likeness (QED) is 0.592. The Bertz CT molecular complexity index is 1310. The van der Waals surface area contributed by atoms with Crippen molar-refractivity contribution in [3.05, 3.63) is 101 Å². The number of nitrogens with one attached hydrogen (secondary N) is 1. The van der Waals surface area contributed by atoms with Crippen LogP contribution in [-0.2, 0) is 22.6 Å². The van der Waals surface area contributed by atoms with E-state index >= 15 is 0 Å². The zero-order valence-electron chi connectivity index (χ0n) is 20.6. The molecule has 2 saturated heterocycles. The van der Waals surface area contributed by atoms with Crippen LogP contribution in [-0.4, -0.2) is 81.5 Å². The summed E-state index contributed by atoms with van der Waals surface area (Å²) in [5.74, 6) is -0.296. The number of carbonyl (C=O) groups excluding carboxylic acids is 3. The lowest BCUT2D eigenvalue weighted by Crippen LogP contribution is -2.65. The summed E-state index contributed by atoms with van der Waals surface area (Å²) in [5, 5.41) is 6.06. The van der Waals surface area contributed by atoms with Crippen molar-refractivity contribution in [1.29, 1.82) is 0 Å². The molecule has 188 valence electrons. The van der Waals surface area contributed by atoms with Crippen LogP contribution in [0.2, 0.25) is 0 Å². The Morgan fingerprint density at radius 3 is 2.68 bits per heavy atom. The molecule has 9 nitrogen and oxygen atoms in total. The summed E-state index contributed by atoms with van der Waals surface area (Å²) in [6, 6.07) is 14.3. The lowest BCUT2D eigenvalue weighted by Gasteiger charge is -2.45. The van der Waals surface area contributed by atoms with E-state index in [4.69, 9.17) is 0 Å². The Hall–Kier alpha value is -4.42. The SMILES string of the molecule is CN(C(=O)NCC1=CC=C=C=C1)N1CC(=O)N2[C@@H](Cc3ccccc3)C(=O)N(Cc3ccccn3)C[C@@H]21. The molecule has 3 aliphatic rings. The third-order valence-corrected chi connectivity index (χ3v) is 6.76. The van der Waals surface area contributed by atoms with Crippen LogP contribution >= 0.6 is 0 Å². The van der Waals surface area contributed by atoms with Gasteiger partial charge in [0, 0.05) is 26.2 Å². The fraction of sp³-hybridized carbons (Fsp3) is 0.286. The molecule has 0 saturated carbocycles. The van der Waals surface area contributed by atoms with Crippen LogP contribution in [0.15, 0.2) is 90.0 Å². The van der Waals surface area contributed by atoms with Gasteiger partial charge in [0.25, 0.3) is 0 Å². The van der Waals surface area contributed by atoms with Crippen molar-refractivity contribution < 1.29 is 14.4 Å². The van der Waals surface area contributed by atoms with Gasteiger partial charge in [0.15, 0.2) is 0 Å². The molecular weight excluding hydrogens is 468 g/mol. The Kier molecular flexibility index (Phi) is 7.01. The van der Waals surface area contributed by atoms with E-state index in [1.165, 1.54) is 5.01 Å². The summed E-state index contributed by atoms with van der Waals surface area (Å²) in [5.41, 5.74) is 8.33. The van der Waals surface area contributed by atoms with Gasteiger partial charge in [-0.05, 0) is 41.5 Å². The zero-order valence-corrected chi connectivity index (χ0v) is 20.6. The van der Waals surface area contributed by atoms with Gasteiger partial charge in [-0.1, -0.05) is 47.9 Å². The second-order valence-corrected chi connectivity index (χ2v) is 9.15. The fourth-order valence-electron chi connectivity index (χ4n) is 4.87. The normalized spacial score (nSPS) is 20.7. The van der Waals surface area contributed by atoms with E-state index in [0.717, 1.165) is 16.8 Å². The van der Waals surface area contributed by atoms with Crippen molar-refractivity contribution in [1.82, 2.24) is 30.1 Å². The van der Waals surface area contributed by atoms with Crippen molar-refractivity contribution in [2.75, 3.05) is 26.7 Å². The van der Waals surface area contributed by atoms with E-state index in [9.17, 15) is 14.4 Å². The highest BCUT2D eigenvalue weighted by atomic mass is 16.2. The molecule has 9 heteroatoms. The third kappa shape index (κ3) is 5.25. The maximum absolute atomic E-state index is 13.7. The van der Waals surface area contributed by atoms with Crippen molar-refractivity contribution in [3.8, 4) is 0 Å². The number of rotatable bonds is 7. The van der Waals surface area contributed by atoms with Gasteiger partial charge in [-0.25, -0.2) is 4.79 Å². The minimum Gasteiger partial charge on any atom is -0.333 e. The van der Waals surface area contributed by atoms with E-state index in [0.29, 0.717) is 19.5 Å². The summed E-state index contributed by atoms with van der Waals surface area (Å²) < 4.78 is 0. The topological polar surface area (TPSA) is 89.1 Å². The van der Waals surface area contributed by atoms with Crippen molar-refractivity contribution in [2.24, 2.45) is 0 Å². The molecule has 4 amide bonds. The van der Waals surface area contributed by atoms with Gasteiger partial charge in [-0.15, -0.1) is 0 Å².